The number of nitrogens with zero attached hydrogens (tertiary/aromatic N) is 1. The molecule has 1 N–H and O–H groups in total. The van der Waals surface area contributed by atoms with Crippen LogP contribution in [0.3, 0.4) is 0 Å². The molecule has 102 valence electrons. The van der Waals surface area contributed by atoms with Crippen LogP contribution in [0.2, 0.25) is 0 Å². The molecule has 2 nitrogen and oxygen atoms in total. The standard InChI is InChI=1S/C15H18BrNOS/c1-17(10-12-6-8-19-11-12)7-5-15(18)13-3-2-4-14(16)9-13/h2-4,6,8-9,11,15,18H,5,7,10H2,1H3. The van der Waals surface area contributed by atoms with Gasteiger partial charge in [0.25, 0.3) is 0 Å². The monoisotopic (exact) mass is 339 g/mol. The SMILES string of the molecule is CN(CCC(O)c1cccc(Br)c1)Cc1ccsc1. The third-order valence-corrected chi connectivity index (χ3v) is 4.28. The molecule has 0 saturated carbocycles. The van der Waals surface area contributed by atoms with Crippen LogP contribution < -0.4 is 0 Å². The summed E-state index contributed by atoms with van der Waals surface area (Å²) in [5.41, 5.74) is 2.31. The lowest BCUT2D eigenvalue weighted by Gasteiger charge is -2.18. The lowest BCUT2D eigenvalue weighted by atomic mass is 10.1. The highest BCUT2D eigenvalue weighted by atomic mass is 79.9. The number of halogens is 1. The Hall–Kier alpha value is -0.680. The van der Waals surface area contributed by atoms with Gasteiger partial charge >= 0.3 is 0 Å². The van der Waals surface area contributed by atoms with Gasteiger partial charge in [-0.15, -0.1) is 0 Å². The summed E-state index contributed by atoms with van der Waals surface area (Å²) < 4.78 is 1.01. The average molecular weight is 340 g/mol. The van der Waals surface area contributed by atoms with E-state index < -0.39 is 6.10 Å². The van der Waals surface area contributed by atoms with Crippen molar-refractivity contribution >= 4 is 27.3 Å². The van der Waals surface area contributed by atoms with Crippen LogP contribution in [0, 0.1) is 0 Å². The first-order valence-electron chi connectivity index (χ1n) is 6.28. The van der Waals surface area contributed by atoms with Crippen molar-refractivity contribution in [2.45, 2.75) is 19.1 Å². The quantitative estimate of drug-likeness (QED) is 0.857. The van der Waals surface area contributed by atoms with E-state index in [0.29, 0.717) is 0 Å². The van der Waals surface area contributed by atoms with Crippen LogP contribution in [-0.2, 0) is 6.54 Å². The molecule has 4 heteroatoms. The first-order valence-corrected chi connectivity index (χ1v) is 8.02. The molecule has 1 atom stereocenters. The van der Waals surface area contributed by atoms with Gasteiger partial charge in [0.1, 0.15) is 0 Å². The van der Waals surface area contributed by atoms with E-state index in [9.17, 15) is 5.11 Å². The van der Waals surface area contributed by atoms with Gasteiger partial charge in [-0.25, -0.2) is 0 Å². The zero-order valence-electron chi connectivity index (χ0n) is 10.9. The van der Waals surface area contributed by atoms with Crippen molar-refractivity contribution in [1.29, 1.82) is 0 Å². The Kier molecular flexibility index (Phi) is 5.58. The number of hydrogen-bond donors (Lipinski definition) is 1. The second-order valence-electron chi connectivity index (χ2n) is 4.73. The lowest BCUT2D eigenvalue weighted by Crippen LogP contribution is -2.20. The van der Waals surface area contributed by atoms with E-state index in [1.54, 1.807) is 11.3 Å². The van der Waals surface area contributed by atoms with Crippen LogP contribution in [0.1, 0.15) is 23.7 Å². The molecular weight excluding hydrogens is 322 g/mol. The lowest BCUT2D eigenvalue weighted by molar-refractivity contribution is 0.147. The van der Waals surface area contributed by atoms with Gasteiger partial charge < -0.3 is 10.0 Å². The first-order chi connectivity index (χ1) is 9.15. The third kappa shape index (κ3) is 4.73. The Labute approximate surface area is 126 Å². The number of aliphatic hydroxyl groups excluding tert-OH is 1. The molecule has 1 aromatic carbocycles. The average Bonchev–Trinajstić information content (AvgIpc) is 2.88. The van der Waals surface area contributed by atoms with Gasteiger partial charge in [0.2, 0.25) is 0 Å². The fourth-order valence-electron chi connectivity index (χ4n) is 2.00. The maximum Gasteiger partial charge on any atom is 0.0802 e. The third-order valence-electron chi connectivity index (χ3n) is 3.05. The maximum absolute atomic E-state index is 10.2. The van der Waals surface area contributed by atoms with E-state index in [4.69, 9.17) is 0 Å². The van der Waals surface area contributed by atoms with Gasteiger partial charge in [0, 0.05) is 17.6 Å². The summed E-state index contributed by atoms with van der Waals surface area (Å²) in [5.74, 6) is 0. The summed E-state index contributed by atoms with van der Waals surface area (Å²) >= 11 is 5.15. The van der Waals surface area contributed by atoms with Crippen LogP contribution in [-0.4, -0.2) is 23.6 Å². The van der Waals surface area contributed by atoms with E-state index in [1.165, 1.54) is 5.56 Å². The summed E-state index contributed by atoms with van der Waals surface area (Å²) in [6.07, 6.45) is 0.347. The highest BCUT2D eigenvalue weighted by Gasteiger charge is 2.09. The Bertz CT molecular complexity index is 501. The molecule has 1 heterocycles. The molecule has 0 amide bonds. The zero-order chi connectivity index (χ0) is 13.7. The molecule has 0 aliphatic heterocycles. The summed E-state index contributed by atoms with van der Waals surface area (Å²) in [5, 5.41) is 14.4. The highest BCUT2D eigenvalue weighted by Crippen LogP contribution is 2.21. The molecular formula is C15H18BrNOS. The minimum absolute atomic E-state index is 0.401. The van der Waals surface area contributed by atoms with Gasteiger partial charge in [-0.1, -0.05) is 28.1 Å². The number of benzene rings is 1. The Morgan fingerprint density at radius 1 is 1.37 bits per heavy atom. The molecule has 0 saturated heterocycles. The van der Waals surface area contributed by atoms with Crippen molar-refractivity contribution in [3.05, 3.63) is 56.7 Å². The fourth-order valence-corrected chi connectivity index (χ4v) is 3.07. The molecule has 2 rings (SSSR count). The zero-order valence-corrected chi connectivity index (χ0v) is 13.3. The van der Waals surface area contributed by atoms with Gasteiger partial charge in [0.15, 0.2) is 0 Å². The van der Waals surface area contributed by atoms with Crippen molar-refractivity contribution < 1.29 is 5.11 Å². The molecule has 0 aliphatic rings. The maximum atomic E-state index is 10.2. The number of thiophene rings is 1. The van der Waals surface area contributed by atoms with Crippen molar-refractivity contribution in [2.75, 3.05) is 13.6 Å². The Balaban J connectivity index is 1.81. The molecule has 0 spiro atoms. The fraction of sp³-hybridized carbons (Fsp3) is 0.333. The van der Waals surface area contributed by atoms with Crippen molar-refractivity contribution in [3.63, 3.8) is 0 Å². The topological polar surface area (TPSA) is 23.5 Å². The molecule has 1 unspecified atom stereocenters. The van der Waals surface area contributed by atoms with Crippen molar-refractivity contribution in [2.24, 2.45) is 0 Å². The number of hydrogen-bond acceptors (Lipinski definition) is 3. The predicted molar refractivity (Wildman–Crippen MR) is 84.4 cm³/mol. The van der Waals surface area contributed by atoms with Crippen LogP contribution in [0.15, 0.2) is 45.6 Å². The van der Waals surface area contributed by atoms with E-state index in [0.717, 1.165) is 29.5 Å². The second-order valence-corrected chi connectivity index (χ2v) is 6.42. The van der Waals surface area contributed by atoms with Crippen LogP contribution >= 0.6 is 27.3 Å². The molecule has 0 fully saturated rings. The summed E-state index contributed by atoms with van der Waals surface area (Å²) in [4.78, 5) is 2.24. The van der Waals surface area contributed by atoms with E-state index in [2.05, 4.69) is 44.7 Å². The van der Waals surface area contributed by atoms with Crippen LogP contribution in [0.4, 0.5) is 0 Å². The Morgan fingerprint density at radius 2 is 2.21 bits per heavy atom. The highest BCUT2D eigenvalue weighted by molar-refractivity contribution is 9.10. The number of aliphatic hydroxyl groups is 1. The molecule has 2 aromatic rings. The predicted octanol–water partition coefficient (Wildman–Crippen LogP) is 4.07. The van der Waals surface area contributed by atoms with E-state index >= 15 is 0 Å². The molecule has 19 heavy (non-hydrogen) atoms. The van der Waals surface area contributed by atoms with E-state index in [1.807, 2.05) is 24.3 Å². The second kappa shape index (κ2) is 7.20. The molecule has 0 bridgehead atoms. The van der Waals surface area contributed by atoms with Crippen LogP contribution in [0.25, 0.3) is 0 Å². The summed E-state index contributed by atoms with van der Waals surface area (Å²) in [6.45, 7) is 1.82. The number of rotatable bonds is 6. The van der Waals surface area contributed by atoms with Gasteiger partial charge in [-0.05, 0) is 53.6 Å². The Morgan fingerprint density at radius 3 is 2.89 bits per heavy atom. The van der Waals surface area contributed by atoms with Crippen molar-refractivity contribution in [1.82, 2.24) is 4.90 Å². The molecule has 1 aromatic heterocycles. The summed E-state index contributed by atoms with van der Waals surface area (Å²) in [6, 6.07) is 10.0. The largest absolute Gasteiger partial charge is 0.388 e. The summed E-state index contributed by atoms with van der Waals surface area (Å²) in [7, 11) is 2.09. The van der Waals surface area contributed by atoms with Crippen molar-refractivity contribution in [3.8, 4) is 0 Å². The normalized spacial score (nSPS) is 12.8. The minimum atomic E-state index is -0.401. The van der Waals surface area contributed by atoms with Gasteiger partial charge in [-0.3, -0.25) is 0 Å². The minimum Gasteiger partial charge on any atom is -0.388 e. The van der Waals surface area contributed by atoms with Gasteiger partial charge in [0.05, 0.1) is 6.10 Å². The molecule has 0 aliphatic carbocycles. The molecule has 0 radical (unpaired) electrons. The van der Waals surface area contributed by atoms with Crippen LogP contribution in [0.5, 0.6) is 0 Å². The smallest absolute Gasteiger partial charge is 0.0802 e. The van der Waals surface area contributed by atoms with E-state index in [-0.39, 0.29) is 0 Å². The first kappa shape index (κ1) is 14.7. The van der Waals surface area contributed by atoms with Gasteiger partial charge in [-0.2, -0.15) is 11.3 Å².